The van der Waals surface area contributed by atoms with Crippen molar-refractivity contribution >= 4 is 15.9 Å². The predicted octanol–water partition coefficient (Wildman–Crippen LogP) is 2.76. The molecule has 1 N–H and O–H groups in total. The van der Waals surface area contributed by atoms with E-state index in [-0.39, 0.29) is 12.3 Å². The van der Waals surface area contributed by atoms with Crippen molar-refractivity contribution in [2.75, 3.05) is 58.3 Å². The van der Waals surface area contributed by atoms with Gasteiger partial charge in [0, 0.05) is 44.8 Å². The fourth-order valence-corrected chi connectivity index (χ4v) is 5.39. The number of nitrogens with zero attached hydrogens (tertiary/aromatic N) is 2. The molecule has 0 spiro atoms. The summed E-state index contributed by atoms with van der Waals surface area (Å²) in [5.74, 6) is 0.716. The second-order valence-corrected chi connectivity index (χ2v) is 10.4. The van der Waals surface area contributed by atoms with E-state index in [0.717, 1.165) is 6.54 Å². The number of rotatable bonds is 13. The van der Waals surface area contributed by atoms with Crippen LogP contribution in [-0.2, 0) is 16.6 Å². The highest BCUT2D eigenvalue weighted by Crippen LogP contribution is 2.39. The zero-order valence-corrected chi connectivity index (χ0v) is 22.2. The maximum Gasteiger partial charge on any atom is 0.251 e. The molecule has 3 rings (SSSR count). The Labute approximate surface area is 214 Å². The van der Waals surface area contributed by atoms with E-state index in [0.29, 0.717) is 68.8 Å². The molecule has 0 aliphatic carbocycles. The molecule has 1 aliphatic rings. The molecule has 2 aromatic carbocycles. The SMILES string of the molecule is CCOc1cc(C(=O)NCCS(=O)(=O)N2CCN(Cc3ccccc3)CC2)cc(OCC)c1OCC. The van der Waals surface area contributed by atoms with Gasteiger partial charge in [-0.1, -0.05) is 30.3 Å². The summed E-state index contributed by atoms with van der Waals surface area (Å²) in [7, 11) is -3.48. The van der Waals surface area contributed by atoms with Crippen LogP contribution in [0.15, 0.2) is 42.5 Å². The molecule has 10 heteroatoms. The molecule has 1 saturated heterocycles. The van der Waals surface area contributed by atoms with Gasteiger partial charge in [-0.25, -0.2) is 8.42 Å². The maximum absolute atomic E-state index is 12.9. The lowest BCUT2D eigenvalue weighted by Crippen LogP contribution is -2.49. The van der Waals surface area contributed by atoms with E-state index in [1.54, 1.807) is 12.1 Å². The van der Waals surface area contributed by atoms with Gasteiger partial charge in [0.15, 0.2) is 11.5 Å². The molecule has 198 valence electrons. The molecule has 0 unspecified atom stereocenters. The summed E-state index contributed by atoms with van der Waals surface area (Å²) in [6.07, 6.45) is 0. The number of sulfonamides is 1. The Morgan fingerprint density at radius 2 is 1.47 bits per heavy atom. The van der Waals surface area contributed by atoms with Gasteiger partial charge in [0.2, 0.25) is 15.8 Å². The smallest absolute Gasteiger partial charge is 0.251 e. The van der Waals surface area contributed by atoms with E-state index < -0.39 is 15.9 Å². The third-order valence-corrected chi connectivity index (χ3v) is 7.66. The molecular formula is C26H37N3O6S. The van der Waals surface area contributed by atoms with Gasteiger partial charge in [-0.3, -0.25) is 9.69 Å². The molecule has 0 saturated carbocycles. The van der Waals surface area contributed by atoms with Gasteiger partial charge in [0.05, 0.1) is 25.6 Å². The average molecular weight is 520 g/mol. The lowest BCUT2D eigenvalue weighted by atomic mass is 10.1. The predicted molar refractivity (Wildman–Crippen MR) is 139 cm³/mol. The van der Waals surface area contributed by atoms with Crippen molar-refractivity contribution in [3.63, 3.8) is 0 Å². The normalized spacial score (nSPS) is 14.9. The first-order valence-electron chi connectivity index (χ1n) is 12.5. The Balaban J connectivity index is 1.55. The van der Waals surface area contributed by atoms with E-state index in [4.69, 9.17) is 14.2 Å². The summed E-state index contributed by atoms with van der Waals surface area (Å²) in [5.41, 5.74) is 1.53. The minimum absolute atomic E-state index is 0.00649. The Kier molecular flexibility index (Phi) is 10.4. The van der Waals surface area contributed by atoms with Crippen LogP contribution in [-0.4, -0.2) is 81.8 Å². The molecule has 0 aromatic heterocycles. The number of hydrogen-bond donors (Lipinski definition) is 1. The molecule has 1 aliphatic heterocycles. The van der Waals surface area contributed by atoms with Crippen LogP contribution >= 0.6 is 0 Å². The number of ether oxygens (including phenoxy) is 3. The third kappa shape index (κ3) is 7.59. The summed E-state index contributed by atoms with van der Waals surface area (Å²) in [6.45, 7) is 9.80. The number of nitrogens with one attached hydrogen (secondary N) is 1. The van der Waals surface area contributed by atoms with Crippen LogP contribution in [0.25, 0.3) is 0 Å². The fraction of sp³-hybridized carbons (Fsp3) is 0.500. The Morgan fingerprint density at radius 1 is 0.889 bits per heavy atom. The largest absolute Gasteiger partial charge is 0.490 e. The van der Waals surface area contributed by atoms with Crippen LogP contribution in [0.5, 0.6) is 17.2 Å². The van der Waals surface area contributed by atoms with Crippen molar-refractivity contribution in [2.24, 2.45) is 0 Å². The first-order chi connectivity index (χ1) is 17.4. The highest BCUT2D eigenvalue weighted by molar-refractivity contribution is 7.89. The Morgan fingerprint density at radius 3 is 2.03 bits per heavy atom. The van der Waals surface area contributed by atoms with Crippen molar-refractivity contribution in [2.45, 2.75) is 27.3 Å². The van der Waals surface area contributed by atoms with E-state index in [9.17, 15) is 13.2 Å². The first kappa shape index (κ1) is 27.8. The van der Waals surface area contributed by atoms with Gasteiger partial charge >= 0.3 is 0 Å². The van der Waals surface area contributed by atoms with Crippen molar-refractivity contribution < 1.29 is 27.4 Å². The molecule has 0 atom stereocenters. The highest BCUT2D eigenvalue weighted by Gasteiger charge is 2.27. The van der Waals surface area contributed by atoms with Crippen LogP contribution in [0.2, 0.25) is 0 Å². The molecular weight excluding hydrogens is 482 g/mol. The summed E-state index contributed by atoms with van der Waals surface area (Å²) < 4.78 is 44.2. The second kappa shape index (κ2) is 13.5. The molecule has 36 heavy (non-hydrogen) atoms. The van der Waals surface area contributed by atoms with Crippen LogP contribution in [0.4, 0.5) is 0 Å². The van der Waals surface area contributed by atoms with E-state index in [1.165, 1.54) is 9.87 Å². The molecule has 2 aromatic rings. The summed E-state index contributed by atoms with van der Waals surface area (Å²) in [6, 6.07) is 13.3. The quantitative estimate of drug-likeness (QED) is 0.435. The summed E-state index contributed by atoms with van der Waals surface area (Å²) >= 11 is 0. The lowest BCUT2D eigenvalue weighted by molar-refractivity contribution is 0.0955. The average Bonchev–Trinajstić information content (AvgIpc) is 2.87. The second-order valence-electron chi connectivity index (χ2n) is 8.33. The minimum Gasteiger partial charge on any atom is -0.490 e. The Hall–Kier alpha value is -2.82. The summed E-state index contributed by atoms with van der Waals surface area (Å²) in [5, 5.41) is 2.72. The molecule has 0 radical (unpaired) electrons. The van der Waals surface area contributed by atoms with Crippen molar-refractivity contribution in [1.82, 2.24) is 14.5 Å². The topological polar surface area (TPSA) is 97.4 Å². The zero-order valence-electron chi connectivity index (χ0n) is 21.4. The zero-order chi connectivity index (χ0) is 26.0. The number of piperazine rings is 1. The van der Waals surface area contributed by atoms with Gasteiger partial charge in [0.1, 0.15) is 0 Å². The maximum atomic E-state index is 12.9. The van der Waals surface area contributed by atoms with Crippen LogP contribution in [0.1, 0.15) is 36.7 Å². The van der Waals surface area contributed by atoms with Crippen molar-refractivity contribution in [1.29, 1.82) is 0 Å². The van der Waals surface area contributed by atoms with Gasteiger partial charge < -0.3 is 19.5 Å². The molecule has 9 nitrogen and oxygen atoms in total. The van der Waals surface area contributed by atoms with Gasteiger partial charge in [-0.2, -0.15) is 4.31 Å². The van der Waals surface area contributed by atoms with Crippen LogP contribution in [0, 0.1) is 0 Å². The number of hydrogen-bond acceptors (Lipinski definition) is 7. The molecule has 1 fully saturated rings. The van der Waals surface area contributed by atoms with Crippen molar-refractivity contribution in [3.8, 4) is 17.2 Å². The van der Waals surface area contributed by atoms with Crippen molar-refractivity contribution in [3.05, 3.63) is 53.6 Å². The molecule has 0 bridgehead atoms. The van der Waals surface area contributed by atoms with Gasteiger partial charge in [-0.05, 0) is 38.5 Å². The Bertz CT molecular complexity index is 1060. The van der Waals surface area contributed by atoms with Gasteiger partial charge in [0.25, 0.3) is 5.91 Å². The number of carbonyl (C=O) groups is 1. The monoisotopic (exact) mass is 519 g/mol. The van der Waals surface area contributed by atoms with E-state index >= 15 is 0 Å². The van der Waals surface area contributed by atoms with E-state index in [1.807, 2.05) is 39.0 Å². The van der Waals surface area contributed by atoms with E-state index in [2.05, 4.69) is 22.3 Å². The molecule has 1 amide bonds. The number of amides is 1. The first-order valence-corrected chi connectivity index (χ1v) is 14.1. The third-order valence-electron chi connectivity index (χ3n) is 5.79. The fourth-order valence-electron chi connectivity index (χ4n) is 4.05. The summed E-state index contributed by atoms with van der Waals surface area (Å²) in [4.78, 5) is 15.1. The lowest BCUT2D eigenvalue weighted by Gasteiger charge is -2.34. The van der Waals surface area contributed by atoms with Crippen LogP contribution in [0.3, 0.4) is 0 Å². The minimum atomic E-state index is -3.48. The van der Waals surface area contributed by atoms with Crippen LogP contribution < -0.4 is 19.5 Å². The molecule has 1 heterocycles. The van der Waals surface area contributed by atoms with Gasteiger partial charge in [-0.15, -0.1) is 0 Å². The highest BCUT2D eigenvalue weighted by atomic mass is 32.2. The number of carbonyl (C=O) groups excluding carboxylic acids is 1. The number of benzene rings is 2. The standard InChI is InChI=1S/C26H37N3O6S/c1-4-33-23-18-22(19-24(34-5-2)25(23)35-6-3)26(30)27-12-17-36(31,32)29-15-13-28(14-16-29)20-21-10-8-7-9-11-21/h7-11,18-19H,4-6,12-17,20H2,1-3H3,(H,27,30).